The summed E-state index contributed by atoms with van der Waals surface area (Å²) in [5, 5.41) is 12.8. The minimum Gasteiger partial charge on any atom is -0.480 e. The Labute approximate surface area is 126 Å². The second-order valence-electron chi connectivity index (χ2n) is 4.93. The summed E-state index contributed by atoms with van der Waals surface area (Å²) in [5.74, 6) is 0.165. The lowest BCUT2D eigenvalue weighted by molar-refractivity contribution is -0.139. The fraction of sp³-hybridized carbons (Fsp3) is 0.385. The highest BCUT2D eigenvalue weighted by atomic mass is 32.2. The van der Waals surface area contributed by atoms with Crippen molar-refractivity contribution >= 4 is 17.7 Å². The van der Waals surface area contributed by atoms with Gasteiger partial charge < -0.3 is 15.4 Å². The minimum atomic E-state index is -1.03. The highest BCUT2D eigenvalue weighted by Crippen LogP contribution is 2.30. The molecule has 2 aromatic heterocycles. The van der Waals surface area contributed by atoms with Crippen molar-refractivity contribution in [1.82, 2.24) is 15.1 Å². The lowest BCUT2D eigenvalue weighted by Crippen LogP contribution is -2.46. The van der Waals surface area contributed by atoms with Crippen molar-refractivity contribution in [2.24, 2.45) is 5.73 Å². The van der Waals surface area contributed by atoms with E-state index in [-0.39, 0.29) is 0 Å². The van der Waals surface area contributed by atoms with Gasteiger partial charge >= 0.3 is 5.97 Å². The Balaban J connectivity index is 2.02. The second-order valence-corrected chi connectivity index (χ2v) is 6.56. The number of carboxylic acid groups (broad SMARTS) is 1. The molecule has 0 aliphatic carbocycles. The molecule has 1 atom stereocenters. The van der Waals surface area contributed by atoms with E-state index in [1.165, 1.54) is 11.8 Å². The molecule has 0 aliphatic rings. The van der Waals surface area contributed by atoms with Crippen LogP contribution in [-0.2, 0) is 10.5 Å². The second kappa shape index (κ2) is 6.23. The van der Waals surface area contributed by atoms with Gasteiger partial charge in [0.25, 0.3) is 0 Å². The normalized spacial score (nSPS) is 13.1. The zero-order valence-electron chi connectivity index (χ0n) is 11.7. The van der Waals surface area contributed by atoms with Gasteiger partial charge in [0.1, 0.15) is 11.7 Å². The van der Waals surface area contributed by atoms with Crippen molar-refractivity contribution in [1.29, 1.82) is 0 Å². The fourth-order valence-electron chi connectivity index (χ4n) is 1.55. The van der Waals surface area contributed by atoms with Crippen LogP contribution in [0.4, 0.5) is 0 Å². The van der Waals surface area contributed by atoms with Gasteiger partial charge in [-0.2, -0.15) is 4.98 Å². The molecule has 2 heterocycles. The van der Waals surface area contributed by atoms with Gasteiger partial charge in [0.15, 0.2) is 0 Å². The molecule has 2 rings (SSSR count). The molecule has 0 aromatic carbocycles. The molecule has 0 fully saturated rings. The molecule has 21 heavy (non-hydrogen) atoms. The number of carbonyl (C=O) groups is 1. The molecular formula is C13H16N4O3S. The van der Waals surface area contributed by atoms with Crippen LogP contribution in [0, 0.1) is 0 Å². The highest BCUT2D eigenvalue weighted by Gasteiger charge is 2.33. The Hall–Kier alpha value is -1.93. The molecule has 0 unspecified atom stereocenters. The highest BCUT2D eigenvalue weighted by molar-refractivity contribution is 7.99. The summed E-state index contributed by atoms with van der Waals surface area (Å²) in [4.78, 5) is 19.3. The van der Waals surface area contributed by atoms with E-state index in [0.29, 0.717) is 23.2 Å². The van der Waals surface area contributed by atoms with Gasteiger partial charge in [-0.3, -0.25) is 9.78 Å². The number of thioether (sulfide) groups is 1. The largest absolute Gasteiger partial charge is 0.480 e. The van der Waals surface area contributed by atoms with Crippen molar-refractivity contribution in [3.8, 4) is 11.5 Å². The van der Waals surface area contributed by atoms with Crippen LogP contribution in [0.5, 0.6) is 0 Å². The summed E-state index contributed by atoms with van der Waals surface area (Å²) in [6.45, 7) is 3.54. The predicted molar refractivity (Wildman–Crippen MR) is 78.5 cm³/mol. The van der Waals surface area contributed by atoms with Crippen molar-refractivity contribution in [2.75, 3.05) is 0 Å². The maximum Gasteiger partial charge on any atom is 0.321 e. The lowest BCUT2D eigenvalue weighted by atomic mass is 10.1. The van der Waals surface area contributed by atoms with E-state index in [9.17, 15) is 4.79 Å². The smallest absolute Gasteiger partial charge is 0.321 e. The molecule has 0 aliphatic heterocycles. The van der Waals surface area contributed by atoms with Crippen molar-refractivity contribution < 1.29 is 14.4 Å². The number of nitrogens with zero attached hydrogens (tertiary/aromatic N) is 3. The molecule has 0 amide bonds. The van der Waals surface area contributed by atoms with Gasteiger partial charge in [0.05, 0.1) is 5.75 Å². The Bertz CT molecular complexity index is 615. The number of nitrogens with two attached hydrogens (primary N) is 1. The van der Waals surface area contributed by atoms with Gasteiger partial charge in [-0.15, -0.1) is 11.8 Å². The molecule has 0 saturated carbocycles. The van der Waals surface area contributed by atoms with Gasteiger partial charge in [-0.25, -0.2) is 0 Å². The van der Waals surface area contributed by atoms with Crippen molar-refractivity contribution in [3.05, 3.63) is 30.3 Å². The van der Waals surface area contributed by atoms with Crippen LogP contribution in [0.25, 0.3) is 11.5 Å². The molecule has 7 nitrogen and oxygen atoms in total. The third kappa shape index (κ3) is 3.79. The Morgan fingerprint density at radius 2 is 2.29 bits per heavy atom. The van der Waals surface area contributed by atoms with Gasteiger partial charge in [-0.1, -0.05) is 11.2 Å². The monoisotopic (exact) mass is 308 g/mol. The van der Waals surface area contributed by atoms with E-state index in [2.05, 4.69) is 15.1 Å². The van der Waals surface area contributed by atoms with E-state index >= 15 is 0 Å². The first-order valence-corrected chi connectivity index (χ1v) is 7.25. The zero-order valence-corrected chi connectivity index (χ0v) is 12.5. The van der Waals surface area contributed by atoms with Gasteiger partial charge in [0, 0.05) is 10.9 Å². The number of aromatic nitrogens is 3. The van der Waals surface area contributed by atoms with Crippen molar-refractivity contribution in [2.45, 2.75) is 30.4 Å². The first-order chi connectivity index (χ1) is 9.90. The number of rotatable bonds is 6. The Kier molecular flexibility index (Phi) is 4.59. The summed E-state index contributed by atoms with van der Waals surface area (Å²) < 4.78 is 4.50. The first kappa shape index (κ1) is 15.5. The third-order valence-electron chi connectivity index (χ3n) is 2.94. The third-order valence-corrected chi connectivity index (χ3v) is 4.33. The van der Waals surface area contributed by atoms with Gasteiger partial charge in [-0.05, 0) is 26.0 Å². The Morgan fingerprint density at radius 1 is 1.52 bits per heavy atom. The number of carboxylic acids is 1. The van der Waals surface area contributed by atoms with Crippen LogP contribution in [0.1, 0.15) is 19.7 Å². The summed E-state index contributed by atoms with van der Waals surface area (Å²) in [7, 11) is 0. The van der Waals surface area contributed by atoms with Crippen LogP contribution in [0.15, 0.2) is 28.9 Å². The standard InChI is InChI=1S/C13H16N4O3S/c1-13(2,10(14)12(18)19)21-7-9-16-11(17-20-9)8-5-3-4-6-15-8/h3-6,10H,7,14H2,1-2H3,(H,18,19)/t10-/m1/s1. The topological polar surface area (TPSA) is 115 Å². The van der Waals surface area contributed by atoms with E-state index < -0.39 is 16.8 Å². The van der Waals surface area contributed by atoms with Crippen LogP contribution in [-0.4, -0.2) is 37.0 Å². The van der Waals surface area contributed by atoms with E-state index in [4.69, 9.17) is 15.4 Å². The van der Waals surface area contributed by atoms with E-state index in [1.54, 1.807) is 32.2 Å². The molecule has 0 bridgehead atoms. The lowest BCUT2D eigenvalue weighted by Gasteiger charge is -2.27. The summed E-state index contributed by atoms with van der Waals surface area (Å²) in [5.41, 5.74) is 6.28. The molecule has 0 radical (unpaired) electrons. The van der Waals surface area contributed by atoms with Crippen LogP contribution in [0.3, 0.4) is 0 Å². The zero-order chi connectivity index (χ0) is 15.5. The number of aliphatic carboxylic acids is 1. The van der Waals surface area contributed by atoms with E-state index in [1.807, 2.05) is 6.07 Å². The maximum absolute atomic E-state index is 10.9. The van der Waals surface area contributed by atoms with E-state index in [0.717, 1.165) is 0 Å². The molecular weight excluding hydrogens is 292 g/mol. The van der Waals surface area contributed by atoms with Crippen molar-refractivity contribution in [3.63, 3.8) is 0 Å². The molecule has 8 heteroatoms. The molecule has 0 spiro atoms. The summed E-state index contributed by atoms with van der Waals surface area (Å²) >= 11 is 1.35. The Morgan fingerprint density at radius 3 is 2.90 bits per heavy atom. The number of hydrogen-bond acceptors (Lipinski definition) is 7. The summed E-state index contributed by atoms with van der Waals surface area (Å²) in [6, 6.07) is 4.45. The minimum absolute atomic E-state index is 0.383. The van der Waals surface area contributed by atoms with Crippen LogP contribution in [0.2, 0.25) is 0 Å². The SMILES string of the molecule is CC(C)(SCc1nc(-c2ccccn2)no1)[C@H](N)C(=O)O. The number of pyridine rings is 1. The van der Waals surface area contributed by atoms with Crippen LogP contribution < -0.4 is 5.73 Å². The average Bonchev–Trinajstić information content (AvgIpc) is 2.94. The quantitative estimate of drug-likeness (QED) is 0.826. The molecule has 0 saturated heterocycles. The maximum atomic E-state index is 10.9. The van der Waals surface area contributed by atoms with Crippen LogP contribution >= 0.6 is 11.8 Å². The molecule has 2 aromatic rings. The first-order valence-electron chi connectivity index (χ1n) is 6.26. The summed E-state index contributed by atoms with van der Waals surface area (Å²) in [6.07, 6.45) is 1.65. The average molecular weight is 308 g/mol. The fourth-order valence-corrected chi connectivity index (χ4v) is 2.44. The molecule has 3 N–H and O–H groups in total. The molecule has 112 valence electrons. The van der Waals surface area contributed by atoms with Gasteiger partial charge in [0.2, 0.25) is 11.7 Å². The number of hydrogen-bond donors (Lipinski definition) is 2. The predicted octanol–water partition coefficient (Wildman–Crippen LogP) is 1.56.